The minimum absolute atomic E-state index is 0.101. The molecule has 1 aromatic carbocycles. The van der Waals surface area contributed by atoms with E-state index in [0.29, 0.717) is 24.5 Å². The highest BCUT2D eigenvalue weighted by atomic mass is 35.5. The van der Waals surface area contributed by atoms with Crippen molar-refractivity contribution in [3.8, 4) is 0 Å². The van der Waals surface area contributed by atoms with E-state index in [1.54, 1.807) is 29.2 Å². The van der Waals surface area contributed by atoms with E-state index in [1.165, 1.54) is 0 Å². The normalized spacial score (nSPS) is 10.3. The molecule has 0 aliphatic rings. The Morgan fingerprint density at radius 1 is 1.33 bits per heavy atom. The number of amides is 1. The predicted molar refractivity (Wildman–Crippen MR) is 68.4 cm³/mol. The van der Waals surface area contributed by atoms with Gasteiger partial charge in [-0.05, 0) is 17.7 Å². The van der Waals surface area contributed by atoms with Gasteiger partial charge in [0.2, 0.25) is 0 Å². The van der Waals surface area contributed by atoms with Crippen LogP contribution in [0.1, 0.15) is 15.9 Å². The third-order valence-corrected chi connectivity index (χ3v) is 2.78. The van der Waals surface area contributed by atoms with E-state index in [2.05, 4.69) is 15.6 Å². The fourth-order valence-corrected chi connectivity index (χ4v) is 1.66. The Hall–Kier alpha value is -1.88. The highest BCUT2D eigenvalue weighted by molar-refractivity contribution is 6.17. The maximum Gasteiger partial charge on any atom is 0.251 e. The van der Waals surface area contributed by atoms with Crippen molar-refractivity contribution in [3.05, 3.63) is 47.8 Å². The summed E-state index contributed by atoms with van der Waals surface area (Å²) in [6, 6.07) is 7.23. The second-order valence-electron chi connectivity index (χ2n) is 3.75. The van der Waals surface area contributed by atoms with Gasteiger partial charge in [0.25, 0.3) is 5.91 Å². The van der Waals surface area contributed by atoms with Gasteiger partial charge in [0.1, 0.15) is 0 Å². The second kappa shape index (κ2) is 6.16. The number of carbonyl (C=O) groups excluding carboxylic acids is 1. The topological polar surface area (TPSA) is 59.8 Å². The molecule has 0 atom stereocenters. The zero-order chi connectivity index (χ0) is 12.8. The van der Waals surface area contributed by atoms with E-state index in [-0.39, 0.29) is 5.91 Å². The summed E-state index contributed by atoms with van der Waals surface area (Å²) in [5.74, 6) is 0.352. The molecule has 0 aliphatic heterocycles. The van der Waals surface area contributed by atoms with Crippen molar-refractivity contribution in [2.45, 2.75) is 12.4 Å². The molecular weight excluding hydrogens is 252 g/mol. The molecule has 2 aromatic rings. The fourth-order valence-electron chi connectivity index (χ4n) is 1.48. The molecule has 5 nitrogen and oxygen atoms in total. The first-order chi connectivity index (χ1) is 8.79. The Kier molecular flexibility index (Phi) is 4.30. The minimum atomic E-state index is -0.101. The molecule has 1 N–H and O–H groups in total. The summed E-state index contributed by atoms with van der Waals surface area (Å²) in [6.45, 7) is 1.12. The molecule has 0 saturated heterocycles. The number of aromatic nitrogens is 3. The molecule has 0 aliphatic carbocycles. The van der Waals surface area contributed by atoms with Gasteiger partial charge < -0.3 is 5.32 Å². The van der Waals surface area contributed by atoms with E-state index in [0.717, 1.165) is 5.56 Å². The molecule has 1 amide bonds. The summed E-state index contributed by atoms with van der Waals surface area (Å²) < 4.78 is 1.66. The van der Waals surface area contributed by atoms with Gasteiger partial charge in [0.15, 0.2) is 0 Å². The molecule has 6 heteroatoms. The van der Waals surface area contributed by atoms with Crippen molar-refractivity contribution >= 4 is 17.5 Å². The number of nitrogens with one attached hydrogen (secondary N) is 1. The molecule has 94 valence electrons. The molecule has 0 saturated carbocycles. The first-order valence-corrected chi connectivity index (χ1v) is 6.10. The highest BCUT2D eigenvalue weighted by Crippen LogP contribution is 2.06. The number of halogens is 1. The summed E-state index contributed by atoms with van der Waals surface area (Å²) >= 11 is 5.68. The van der Waals surface area contributed by atoms with Gasteiger partial charge in [-0.3, -0.25) is 9.48 Å². The molecule has 0 spiro atoms. The first kappa shape index (κ1) is 12.6. The number of carbonyl (C=O) groups is 1. The van der Waals surface area contributed by atoms with Crippen LogP contribution in [-0.2, 0) is 12.4 Å². The van der Waals surface area contributed by atoms with Gasteiger partial charge in [-0.15, -0.1) is 16.7 Å². The molecule has 0 fully saturated rings. The Morgan fingerprint density at radius 2 is 2.11 bits per heavy atom. The van der Waals surface area contributed by atoms with Crippen LogP contribution in [0.15, 0.2) is 36.7 Å². The number of benzene rings is 1. The first-order valence-electron chi connectivity index (χ1n) is 5.57. The summed E-state index contributed by atoms with van der Waals surface area (Å²) in [4.78, 5) is 11.8. The Labute approximate surface area is 110 Å². The van der Waals surface area contributed by atoms with E-state index in [9.17, 15) is 4.79 Å². The van der Waals surface area contributed by atoms with E-state index in [1.807, 2.05) is 12.1 Å². The fraction of sp³-hybridized carbons (Fsp3) is 0.250. The van der Waals surface area contributed by atoms with Crippen LogP contribution in [0.3, 0.4) is 0 Å². The van der Waals surface area contributed by atoms with Gasteiger partial charge >= 0.3 is 0 Å². The monoisotopic (exact) mass is 264 g/mol. The van der Waals surface area contributed by atoms with Crippen molar-refractivity contribution in [2.75, 3.05) is 6.54 Å². The van der Waals surface area contributed by atoms with E-state index >= 15 is 0 Å². The summed E-state index contributed by atoms with van der Waals surface area (Å²) in [5.41, 5.74) is 1.62. The average molecular weight is 265 g/mol. The third kappa shape index (κ3) is 3.30. The van der Waals surface area contributed by atoms with Gasteiger partial charge in [-0.1, -0.05) is 17.3 Å². The van der Waals surface area contributed by atoms with Crippen LogP contribution in [0, 0.1) is 0 Å². The van der Waals surface area contributed by atoms with Crippen molar-refractivity contribution in [3.63, 3.8) is 0 Å². The molecule has 0 unspecified atom stereocenters. The van der Waals surface area contributed by atoms with E-state index < -0.39 is 0 Å². The van der Waals surface area contributed by atoms with Crippen LogP contribution in [0.2, 0.25) is 0 Å². The predicted octanol–water partition coefficient (Wildman–Crippen LogP) is 1.45. The zero-order valence-electron chi connectivity index (χ0n) is 9.71. The minimum Gasteiger partial charge on any atom is -0.350 e. The van der Waals surface area contributed by atoms with Crippen LogP contribution in [0.5, 0.6) is 0 Å². The van der Waals surface area contributed by atoms with Crippen LogP contribution in [-0.4, -0.2) is 27.4 Å². The van der Waals surface area contributed by atoms with Crippen molar-refractivity contribution in [1.82, 2.24) is 20.3 Å². The number of nitrogens with zero attached hydrogens (tertiary/aromatic N) is 3. The Bertz CT molecular complexity index is 495. The summed E-state index contributed by atoms with van der Waals surface area (Å²) in [7, 11) is 0. The molecule has 1 heterocycles. The van der Waals surface area contributed by atoms with Crippen LogP contribution in [0.4, 0.5) is 0 Å². The lowest BCUT2D eigenvalue weighted by molar-refractivity contribution is 0.0952. The average Bonchev–Trinajstić information content (AvgIpc) is 2.92. The van der Waals surface area contributed by atoms with Crippen molar-refractivity contribution in [1.29, 1.82) is 0 Å². The lowest BCUT2D eigenvalue weighted by atomic mass is 10.1. The zero-order valence-corrected chi connectivity index (χ0v) is 10.5. The highest BCUT2D eigenvalue weighted by Gasteiger charge is 2.04. The number of alkyl halides is 1. The quantitative estimate of drug-likeness (QED) is 0.832. The molecule has 0 bridgehead atoms. The molecule has 1 aromatic heterocycles. The number of hydrogen-bond donors (Lipinski definition) is 1. The Morgan fingerprint density at radius 3 is 2.72 bits per heavy atom. The maximum atomic E-state index is 11.8. The van der Waals surface area contributed by atoms with Crippen LogP contribution < -0.4 is 5.32 Å². The summed E-state index contributed by atoms with van der Waals surface area (Å²) in [6.07, 6.45) is 3.36. The van der Waals surface area contributed by atoms with Crippen LogP contribution in [0.25, 0.3) is 0 Å². The molecule has 18 heavy (non-hydrogen) atoms. The van der Waals surface area contributed by atoms with Crippen molar-refractivity contribution in [2.24, 2.45) is 0 Å². The van der Waals surface area contributed by atoms with Gasteiger partial charge in [0.05, 0.1) is 12.7 Å². The summed E-state index contributed by atoms with van der Waals surface area (Å²) in [5, 5.41) is 10.3. The van der Waals surface area contributed by atoms with Gasteiger partial charge in [-0.2, -0.15) is 0 Å². The number of hydrogen-bond acceptors (Lipinski definition) is 3. The van der Waals surface area contributed by atoms with Crippen LogP contribution >= 0.6 is 11.6 Å². The second-order valence-corrected chi connectivity index (χ2v) is 4.02. The maximum absolute atomic E-state index is 11.8. The van der Waals surface area contributed by atoms with Crippen molar-refractivity contribution < 1.29 is 4.79 Å². The smallest absolute Gasteiger partial charge is 0.251 e. The largest absolute Gasteiger partial charge is 0.350 e. The van der Waals surface area contributed by atoms with E-state index in [4.69, 9.17) is 11.6 Å². The molecule has 2 rings (SSSR count). The lowest BCUT2D eigenvalue weighted by Gasteiger charge is -2.05. The SMILES string of the molecule is O=C(NCCn1ccnn1)c1ccc(CCl)cc1. The Balaban J connectivity index is 1.83. The molecular formula is C12H13ClN4O. The van der Waals surface area contributed by atoms with Gasteiger partial charge in [-0.25, -0.2) is 0 Å². The number of rotatable bonds is 5. The third-order valence-electron chi connectivity index (χ3n) is 2.47. The lowest BCUT2D eigenvalue weighted by Crippen LogP contribution is -2.27. The van der Waals surface area contributed by atoms with Gasteiger partial charge in [0, 0.05) is 24.2 Å². The standard InChI is InChI=1S/C12H13ClN4O/c13-9-10-1-3-11(4-2-10)12(18)14-5-7-17-8-6-15-16-17/h1-4,6,8H,5,7,9H2,(H,14,18). The molecule has 0 radical (unpaired) electrons.